The molecule has 8 unspecified atom stereocenters. The topological polar surface area (TPSA) is 0 Å². The Morgan fingerprint density at radius 1 is 0.964 bits per heavy atom. The summed E-state index contributed by atoms with van der Waals surface area (Å²) in [5, 5.41) is 0. The van der Waals surface area contributed by atoms with Crippen molar-refractivity contribution in [3.8, 4) is 0 Å². The maximum atomic E-state index is 2.79. The van der Waals surface area contributed by atoms with Gasteiger partial charge in [0.2, 0.25) is 0 Å². The summed E-state index contributed by atoms with van der Waals surface area (Å²) in [6, 6.07) is 0. The first-order valence-electron chi connectivity index (χ1n) is 12.6. The lowest BCUT2D eigenvalue weighted by Gasteiger charge is -2.58. The highest BCUT2D eigenvalue weighted by Crippen LogP contribution is 2.67. The molecule has 0 radical (unpaired) electrons. The molecule has 4 rings (SSSR count). The van der Waals surface area contributed by atoms with E-state index in [1.165, 1.54) is 70.6 Å². The van der Waals surface area contributed by atoms with E-state index < -0.39 is 0 Å². The molecule has 4 aliphatic rings. The molecule has 8 atom stereocenters. The quantitative estimate of drug-likeness (QED) is 0.203. The third-order valence-electron chi connectivity index (χ3n) is 10.2. The van der Waals surface area contributed by atoms with Crippen molar-refractivity contribution in [2.24, 2.45) is 46.3 Å². The highest BCUT2D eigenvalue weighted by Gasteiger charge is 2.57. The summed E-state index contributed by atoms with van der Waals surface area (Å²) in [4.78, 5) is 0. The van der Waals surface area contributed by atoms with E-state index in [1.54, 1.807) is 0 Å². The van der Waals surface area contributed by atoms with E-state index in [4.69, 9.17) is 0 Å². The maximum absolute atomic E-state index is 2.79. The number of hydrogen-bond acceptors (Lipinski definition) is 0. The minimum absolute atomic E-state index is 0.600. The molecule has 0 saturated heterocycles. The van der Waals surface area contributed by atoms with Crippen molar-refractivity contribution in [3.63, 3.8) is 0 Å². The van der Waals surface area contributed by atoms with Crippen LogP contribution in [0.25, 0.3) is 0 Å². The largest absolute Gasteiger partial charge is 0.0844 e. The first-order valence-corrected chi connectivity index (χ1v) is 13.8. The zero-order valence-corrected chi connectivity index (χ0v) is 21.4. The summed E-state index contributed by atoms with van der Waals surface area (Å²) >= 11 is 2.73. The minimum Gasteiger partial charge on any atom is -0.0844 e. The fourth-order valence-electron chi connectivity index (χ4n) is 8.48. The lowest BCUT2D eigenvalue weighted by molar-refractivity contribution is -0.00574. The van der Waals surface area contributed by atoms with Crippen LogP contribution in [0.3, 0.4) is 0 Å². The van der Waals surface area contributed by atoms with Crippen LogP contribution in [-0.4, -0.2) is 3.92 Å². The molecule has 0 aromatic carbocycles. The molecule has 4 aliphatic carbocycles. The van der Waals surface area contributed by atoms with Gasteiger partial charge in [-0.15, -0.1) is 0 Å². The van der Waals surface area contributed by atoms with Crippen LogP contribution >= 0.6 is 22.6 Å². The zero-order chi connectivity index (χ0) is 20.1. The summed E-state index contributed by atoms with van der Waals surface area (Å²) in [6.45, 7) is 12.8. The molecule has 0 N–H and O–H groups in total. The van der Waals surface area contributed by atoms with Crippen LogP contribution in [0.1, 0.15) is 105 Å². The van der Waals surface area contributed by atoms with E-state index in [2.05, 4.69) is 63.3 Å². The molecule has 160 valence electrons. The standard InChI is InChI=1S/C27H45I/c1-18(2)7-6-8-19(3)23-11-12-24-22-10-9-20-17-21(28)13-15-26(20,4)25(22)14-16-27(23,24)5/h10,18-21,23-25H,6-9,11-17H2,1-5H3. The van der Waals surface area contributed by atoms with Crippen molar-refractivity contribution in [1.29, 1.82) is 0 Å². The molecular weight excluding hydrogens is 451 g/mol. The molecule has 1 heteroatoms. The van der Waals surface area contributed by atoms with E-state index in [0.29, 0.717) is 10.8 Å². The summed E-state index contributed by atoms with van der Waals surface area (Å²) in [6.07, 6.45) is 18.9. The predicted octanol–water partition coefficient (Wildman–Crippen LogP) is 8.83. The second-order valence-corrected chi connectivity index (χ2v) is 13.9. The van der Waals surface area contributed by atoms with Crippen LogP contribution < -0.4 is 0 Å². The fraction of sp³-hybridized carbons (Fsp3) is 0.926. The number of hydrogen-bond donors (Lipinski definition) is 0. The molecule has 0 nitrogen and oxygen atoms in total. The number of rotatable bonds is 5. The number of halogens is 1. The Kier molecular flexibility index (Phi) is 6.35. The maximum Gasteiger partial charge on any atom is 0.0113 e. The number of fused-ring (bicyclic) bond motifs is 5. The van der Waals surface area contributed by atoms with Gasteiger partial charge in [0.1, 0.15) is 0 Å². The SMILES string of the molecule is CC(C)CCCC(C)C1CCC2C3=CCC4CC(I)CCC4(C)C3CCC21C. The van der Waals surface area contributed by atoms with Gasteiger partial charge in [0, 0.05) is 3.92 Å². The summed E-state index contributed by atoms with van der Waals surface area (Å²) in [7, 11) is 0. The summed E-state index contributed by atoms with van der Waals surface area (Å²) in [5.41, 5.74) is 3.17. The Balaban J connectivity index is 1.50. The summed E-state index contributed by atoms with van der Waals surface area (Å²) < 4.78 is 0.932. The van der Waals surface area contributed by atoms with E-state index in [-0.39, 0.29) is 0 Å². The van der Waals surface area contributed by atoms with Crippen molar-refractivity contribution in [2.45, 2.75) is 109 Å². The van der Waals surface area contributed by atoms with Crippen LogP contribution in [0, 0.1) is 46.3 Å². The molecular formula is C27H45I. The Labute approximate surface area is 189 Å². The van der Waals surface area contributed by atoms with Crippen LogP contribution in [0.2, 0.25) is 0 Å². The Hall–Kier alpha value is 0.470. The van der Waals surface area contributed by atoms with Crippen LogP contribution in [0.15, 0.2) is 11.6 Å². The monoisotopic (exact) mass is 496 g/mol. The van der Waals surface area contributed by atoms with Gasteiger partial charge >= 0.3 is 0 Å². The van der Waals surface area contributed by atoms with Crippen LogP contribution in [-0.2, 0) is 0 Å². The van der Waals surface area contributed by atoms with Gasteiger partial charge < -0.3 is 0 Å². The van der Waals surface area contributed by atoms with Gasteiger partial charge in [-0.05, 0) is 97.7 Å². The molecule has 0 bridgehead atoms. The Bertz CT molecular complexity index is 591. The van der Waals surface area contributed by atoms with Crippen LogP contribution in [0.4, 0.5) is 0 Å². The van der Waals surface area contributed by atoms with Gasteiger partial charge in [0.25, 0.3) is 0 Å². The van der Waals surface area contributed by atoms with Crippen molar-refractivity contribution < 1.29 is 0 Å². The van der Waals surface area contributed by atoms with Crippen molar-refractivity contribution in [1.82, 2.24) is 0 Å². The van der Waals surface area contributed by atoms with E-state index in [0.717, 1.165) is 39.4 Å². The van der Waals surface area contributed by atoms with E-state index >= 15 is 0 Å². The van der Waals surface area contributed by atoms with Crippen molar-refractivity contribution in [2.75, 3.05) is 0 Å². The molecule has 0 aliphatic heterocycles. The third kappa shape index (κ3) is 3.66. The first-order chi connectivity index (χ1) is 13.3. The second-order valence-electron chi connectivity index (χ2n) is 12.1. The number of allylic oxidation sites excluding steroid dienone is 2. The molecule has 0 aromatic heterocycles. The lowest BCUT2D eigenvalue weighted by atomic mass is 9.48. The molecule has 3 fully saturated rings. The van der Waals surface area contributed by atoms with E-state index in [1.807, 2.05) is 5.57 Å². The molecule has 0 amide bonds. The minimum atomic E-state index is 0.600. The molecule has 0 aromatic rings. The van der Waals surface area contributed by atoms with Gasteiger partial charge in [0.15, 0.2) is 0 Å². The Morgan fingerprint density at radius 2 is 1.68 bits per heavy atom. The highest BCUT2D eigenvalue weighted by molar-refractivity contribution is 14.1. The average Bonchev–Trinajstić information content (AvgIpc) is 2.99. The lowest BCUT2D eigenvalue weighted by Crippen LogP contribution is -2.49. The normalized spacial score (nSPS) is 46.5. The second kappa shape index (κ2) is 8.19. The third-order valence-corrected chi connectivity index (χ3v) is 11.3. The van der Waals surface area contributed by atoms with Crippen LogP contribution in [0.5, 0.6) is 0 Å². The molecule has 0 spiro atoms. The van der Waals surface area contributed by atoms with E-state index in [9.17, 15) is 0 Å². The molecule has 28 heavy (non-hydrogen) atoms. The average molecular weight is 497 g/mol. The Morgan fingerprint density at radius 3 is 2.43 bits per heavy atom. The van der Waals surface area contributed by atoms with Gasteiger partial charge in [-0.25, -0.2) is 0 Å². The molecule has 3 saturated carbocycles. The fourth-order valence-corrected chi connectivity index (χ4v) is 9.41. The zero-order valence-electron chi connectivity index (χ0n) is 19.3. The van der Waals surface area contributed by atoms with Gasteiger partial charge in [-0.2, -0.15) is 0 Å². The van der Waals surface area contributed by atoms with Gasteiger partial charge in [-0.1, -0.05) is 88.1 Å². The first kappa shape index (κ1) is 21.7. The predicted molar refractivity (Wildman–Crippen MR) is 131 cm³/mol. The highest BCUT2D eigenvalue weighted by atomic mass is 127. The number of alkyl halides is 1. The molecule has 0 heterocycles. The van der Waals surface area contributed by atoms with Crippen molar-refractivity contribution >= 4 is 22.6 Å². The summed E-state index contributed by atoms with van der Waals surface area (Å²) in [5.74, 6) is 5.57. The smallest absolute Gasteiger partial charge is 0.0113 e. The van der Waals surface area contributed by atoms with Crippen molar-refractivity contribution in [3.05, 3.63) is 11.6 Å². The van der Waals surface area contributed by atoms with Gasteiger partial charge in [-0.3, -0.25) is 0 Å². The van der Waals surface area contributed by atoms with Gasteiger partial charge in [0.05, 0.1) is 0 Å².